The van der Waals surface area contributed by atoms with Crippen LogP contribution in [-0.2, 0) is 11.3 Å². The van der Waals surface area contributed by atoms with E-state index in [9.17, 15) is 4.79 Å². The van der Waals surface area contributed by atoms with Crippen LogP contribution < -0.4 is 5.32 Å². The molecule has 1 aliphatic heterocycles. The summed E-state index contributed by atoms with van der Waals surface area (Å²) in [6.45, 7) is 3.15. The Kier molecular flexibility index (Phi) is 3.64. The molecule has 0 bridgehead atoms. The number of hydrogen-bond acceptors (Lipinski definition) is 4. The maximum absolute atomic E-state index is 12.4. The maximum Gasteiger partial charge on any atom is 0.223 e. The molecule has 1 atom stereocenters. The van der Waals surface area contributed by atoms with Gasteiger partial charge < -0.3 is 14.7 Å². The Morgan fingerprint density at radius 1 is 1.48 bits per heavy atom. The van der Waals surface area contributed by atoms with Crippen LogP contribution in [0, 0.1) is 6.92 Å². The van der Waals surface area contributed by atoms with Gasteiger partial charge in [0.2, 0.25) is 5.91 Å². The van der Waals surface area contributed by atoms with Gasteiger partial charge in [0.05, 0.1) is 6.54 Å². The van der Waals surface area contributed by atoms with Crippen molar-refractivity contribution in [1.29, 1.82) is 0 Å². The number of amides is 1. The summed E-state index contributed by atoms with van der Waals surface area (Å²) in [5, 5.41) is 7.27. The largest absolute Gasteiger partial charge is 0.384 e. The summed E-state index contributed by atoms with van der Waals surface area (Å²) in [5.41, 5.74) is 3.16. The van der Waals surface area contributed by atoms with Gasteiger partial charge in [0.15, 0.2) is 0 Å². The Labute approximate surface area is 123 Å². The first kappa shape index (κ1) is 13.7. The van der Waals surface area contributed by atoms with Crippen molar-refractivity contribution in [3.05, 3.63) is 47.3 Å². The van der Waals surface area contributed by atoms with Gasteiger partial charge in [-0.05, 0) is 18.6 Å². The number of hydrogen-bond donors (Lipinski definition) is 1. The van der Waals surface area contributed by atoms with Crippen LogP contribution in [-0.4, -0.2) is 29.6 Å². The number of nitrogens with zero attached hydrogens (tertiary/aromatic N) is 2. The zero-order valence-corrected chi connectivity index (χ0v) is 12.3. The van der Waals surface area contributed by atoms with Crippen molar-refractivity contribution in [3.8, 4) is 0 Å². The van der Waals surface area contributed by atoms with E-state index in [1.807, 2.05) is 25.1 Å². The average molecular weight is 285 g/mol. The molecule has 0 radical (unpaired) electrons. The number of rotatable bonds is 4. The number of nitrogens with one attached hydrogen (secondary N) is 1. The van der Waals surface area contributed by atoms with Gasteiger partial charge in [-0.1, -0.05) is 23.4 Å². The Morgan fingerprint density at radius 3 is 3.05 bits per heavy atom. The molecule has 0 spiro atoms. The van der Waals surface area contributed by atoms with Crippen LogP contribution in [0.5, 0.6) is 0 Å². The number of carbonyl (C=O) groups is 1. The molecule has 0 saturated heterocycles. The number of benzene rings is 1. The fraction of sp³-hybridized carbons (Fsp3) is 0.375. The molecular formula is C16H19N3O2. The number of anilines is 1. The van der Waals surface area contributed by atoms with Crippen molar-refractivity contribution in [2.45, 2.75) is 25.8 Å². The van der Waals surface area contributed by atoms with E-state index in [-0.39, 0.29) is 11.8 Å². The topological polar surface area (TPSA) is 58.4 Å². The number of para-hydroxylation sites is 1. The minimum Gasteiger partial charge on any atom is -0.384 e. The second kappa shape index (κ2) is 5.60. The van der Waals surface area contributed by atoms with E-state index in [2.05, 4.69) is 22.6 Å². The molecule has 5 nitrogen and oxygen atoms in total. The molecule has 1 aromatic heterocycles. The lowest BCUT2D eigenvalue weighted by Crippen LogP contribution is -2.28. The van der Waals surface area contributed by atoms with Gasteiger partial charge in [0.25, 0.3) is 0 Å². The van der Waals surface area contributed by atoms with Gasteiger partial charge in [-0.3, -0.25) is 4.79 Å². The summed E-state index contributed by atoms with van der Waals surface area (Å²) in [6.07, 6.45) is 0.511. The summed E-state index contributed by atoms with van der Waals surface area (Å²) in [5.74, 6) is 1.13. The lowest BCUT2D eigenvalue weighted by molar-refractivity contribution is -0.130. The fourth-order valence-corrected chi connectivity index (χ4v) is 2.73. The SMILES string of the molecule is Cc1cc(CN(C)C(=O)CC2CNc3ccccc32)no1. The third-order valence-electron chi connectivity index (χ3n) is 3.86. The first-order valence-corrected chi connectivity index (χ1v) is 7.12. The smallest absolute Gasteiger partial charge is 0.223 e. The molecule has 2 heterocycles. The van der Waals surface area contributed by atoms with E-state index in [1.54, 1.807) is 11.9 Å². The molecule has 1 aromatic carbocycles. The molecule has 110 valence electrons. The van der Waals surface area contributed by atoms with Gasteiger partial charge in [-0.2, -0.15) is 0 Å². The molecule has 1 unspecified atom stereocenters. The van der Waals surface area contributed by atoms with Gasteiger partial charge in [-0.25, -0.2) is 0 Å². The van der Waals surface area contributed by atoms with E-state index in [0.29, 0.717) is 13.0 Å². The Hall–Kier alpha value is -2.30. The standard InChI is InChI=1S/C16H19N3O2/c1-11-7-13(18-21-11)10-19(2)16(20)8-12-9-17-15-6-4-3-5-14(12)15/h3-7,12,17H,8-10H2,1-2H3. The summed E-state index contributed by atoms with van der Waals surface area (Å²) in [4.78, 5) is 14.1. The highest BCUT2D eigenvalue weighted by Crippen LogP contribution is 2.33. The highest BCUT2D eigenvalue weighted by atomic mass is 16.5. The third kappa shape index (κ3) is 2.91. The first-order chi connectivity index (χ1) is 10.1. The van der Waals surface area contributed by atoms with Crippen molar-refractivity contribution < 1.29 is 9.32 Å². The number of aryl methyl sites for hydroxylation is 1. The highest BCUT2D eigenvalue weighted by molar-refractivity contribution is 5.78. The number of fused-ring (bicyclic) bond motifs is 1. The van der Waals surface area contributed by atoms with Gasteiger partial charge in [0, 0.05) is 37.7 Å². The predicted octanol–water partition coefficient (Wildman–Crippen LogP) is 2.54. The van der Waals surface area contributed by atoms with Crippen LogP contribution in [0.4, 0.5) is 5.69 Å². The molecule has 5 heteroatoms. The minimum absolute atomic E-state index is 0.124. The van der Waals surface area contributed by atoms with E-state index in [1.165, 1.54) is 5.56 Å². The van der Waals surface area contributed by atoms with Crippen LogP contribution >= 0.6 is 0 Å². The molecule has 0 saturated carbocycles. The van der Waals surface area contributed by atoms with Crippen LogP contribution in [0.3, 0.4) is 0 Å². The zero-order chi connectivity index (χ0) is 14.8. The zero-order valence-electron chi connectivity index (χ0n) is 12.3. The number of carbonyl (C=O) groups excluding carboxylic acids is 1. The summed E-state index contributed by atoms with van der Waals surface area (Å²) >= 11 is 0. The minimum atomic E-state index is 0.124. The highest BCUT2D eigenvalue weighted by Gasteiger charge is 2.25. The summed E-state index contributed by atoms with van der Waals surface area (Å²) in [7, 11) is 1.81. The summed E-state index contributed by atoms with van der Waals surface area (Å²) < 4.78 is 5.03. The normalized spacial score (nSPS) is 16.4. The van der Waals surface area contributed by atoms with Gasteiger partial charge in [-0.15, -0.1) is 0 Å². The lowest BCUT2D eigenvalue weighted by Gasteiger charge is -2.18. The summed E-state index contributed by atoms with van der Waals surface area (Å²) in [6, 6.07) is 10.0. The molecule has 2 aromatic rings. The quantitative estimate of drug-likeness (QED) is 0.938. The second-order valence-corrected chi connectivity index (χ2v) is 5.55. The van der Waals surface area contributed by atoms with E-state index < -0.39 is 0 Å². The van der Waals surface area contributed by atoms with Crippen LogP contribution in [0.2, 0.25) is 0 Å². The Morgan fingerprint density at radius 2 is 2.29 bits per heavy atom. The predicted molar refractivity (Wildman–Crippen MR) is 80.0 cm³/mol. The Bertz CT molecular complexity index is 650. The van der Waals surface area contributed by atoms with E-state index in [4.69, 9.17) is 4.52 Å². The molecular weight excluding hydrogens is 266 g/mol. The Balaban J connectivity index is 1.62. The van der Waals surface area contributed by atoms with Crippen LogP contribution in [0.15, 0.2) is 34.9 Å². The van der Waals surface area contributed by atoms with Crippen molar-refractivity contribution in [2.75, 3.05) is 18.9 Å². The van der Waals surface area contributed by atoms with Crippen molar-refractivity contribution in [2.24, 2.45) is 0 Å². The van der Waals surface area contributed by atoms with Crippen LogP contribution in [0.25, 0.3) is 0 Å². The average Bonchev–Trinajstić information content (AvgIpc) is 3.06. The van der Waals surface area contributed by atoms with Gasteiger partial charge in [0.1, 0.15) is 11.5 Å². The van der Waals surface area contributed by atoms with Crippen molar-refractivity contribution >= 4 is 11.6 Å². The third-order valence-corrected chi connectivity index (χ3v) is 3.86. The fourth-order valence-electron chi connectivity index (χ4n) is 2.73. The van der Waals surface area contributed by atoms with Crippen LogP contribution in [0.1, 0.15) is 29.4 Å². The molecule has 3 rings (SSSR count). The second-order valence-electron chi connectivity index (χ2n) is 5.55. The maximum atomic E-state index is 12.4. The van der Waals surface area contributed by atoms with Crippen molar-refractivity contribution in [3.63, 3.8) is 0 Å². The molecule has 0 fully saturated rings. The first-order valence-electron chi connectivity index (χ1n) is 7.12. The molecule has 0 aliphatic carbocycles. The molecule has 1 N–H and O–H groups in total. The number of aromatic nitrogens is 1. The van der Waals surface area contributed by atoms with Crippen molar-refractivity contribution in [1.82, 2.24) is 10.1 Å². The molecule has 1 amide bonds. The lowest BCUT2D eigenvalue weighted by atomic mass is 9.97. The van der Waals surface area contributed by atoms with Gasteiger partial charge >= 0.3 is 0 Å². The monoisotopic (exact) mass is 285 g/mol. The van der Waals surface area contributed by atoms with E-state index in [0.717, 1.165) is 23.7 Å². The van der Waals surface area contributed by atoms with E-state index >= 15 is 0 Å². The molecule has 1 aliphatic rings. The molecule has 21 heavy (non-hydrogen) atoms.